The van der Waals surface area contributed by atoms with Gasteiger partial charge in [-0.15, -0.1) is 0 Å². The molecular formula is C15H18N2O5. The van der Waals surface area contributed by atoms with Crippen molar-refractivity contribution in [2.75, 3.05) is 21.3 Å². The van der Waals surface area contributed by atoms with Crippen molar-refractivity contribution in [1.82, 2.24) is 9.78 Å². The maximum absolute atomic E-state index is 11.1. The summed E-state index contributed by atoms with van der Waals surface area (Å²) < 4.78 is 17.4. The fraction of sp³-hybridized carbons (Fsp3) is 0.333. The first-order valence-electron chi connectivity index (χ1n) is 6.53. The second kappa shape index (κ2) is 6.48. The van der Waals surface area contributed by atoms with Crippen LogP contribution in [0.15, 0.2) is 18.2 Å². The SMILES string of the molecule is COCc1cc(OC)c(-c2cc(C(=O)O)nn2C)cc1OC. The number of carboxylic acid groups (broad SMARTS) is 1. The van der Waals surface area contributed by atoms with Crippen molar-refractivity contribution >= 4 is 5.97 Å². The van der Waals surface area contributed by atoms with Crippen molar-refractivity contribution < 1.29 is 24.1 Å². The van der Waals surface area contributed by atoms with E-state index in [4.69, 9.17) is 19.3 Å². The van der Waals surface area contributed by atoms with E-state index in [1.807, 2.05) is 6.07 Å². The summed E-state index contributed by atoms with van der Waals surface area (Å²) in [6, 6.07) is 5.09. The molecule has 1 heterocycles. The van der Waals surface area contributed by atoms with Gasteiger partial charge in [0, 0.05) is 25.3 Å². The first-order valence-corrected chi connectivity index (χ1v) is 6.53. The lowest BCUT2D eigenvalue weighted by molar-refractivity contribution is 0.0689. The maximum atomic E-state index is 11.1. The highest BCUT2D eigenvalue weighted by atomic mass is 16.5. The number of benzene rings is 1. The third kappa shape index (κ3) is 2.89. The zero-order valence-electron chi connectivity index (χ0n) is 12.9. The number of carboxylic acids is 1. The third-order valence-electron chi connectivity index (χ3n) is 3.28. The topological polar surface area (TPSA) is 82.8 Å². The highest BCUT2D eigenvalue weighted by Gasteiger charge is 2.18. The molecule has 0 unspecified atom stereocenters. The summed E-state index contributed by atoms with van der Waals surface area (Å²) in [4.78, 5) is 11.1. The first-order chi connectivity index (χ1) is 10.5. The predicted octanol–water partition coefficient (Wildman–Crippen LogP) is 1.95. The van der Waals surface area contributed by atoms with Crippen LogP contribution in [0.1, 0.15) is 16.1 Å². The van der Waals surface area contributed by atoms with Gasteiger partial charge in [-0.25, -0.2) is 4.79 Å². The monoisotopic (exact) mass is 306 g/mol. The molecule has 118 valence electrons. The largest absolute Gasteiger partial charge is 0.496 e. The van der Waals surface area contributed by atoms with Crippen LogP contribution >= 0.6 is 0 Å². The van der Waals surface area contributed by atoms with E-state index < -0.39 is 5.97 Å². The Morgan fingerprint density at radius 2 is 1.86 bits per heavy atom. The predicted molar refractivity (Wildman–Crippen MR) is 79.4 cm³/mol. The van der Waals surface area contributed by atoms with Crippen molar-refractivity contribution in [3.8, 4) is 22.8 Å². The number of hydrogen-bond acceptors (Lipinski definition) is 5. The molecule has 0 radical (unpaired) electrons. The summed E-state index contributed by atoms with van der Waals surface area (Å²) in [5.41, 5.74) is 2.13. The van der Waals surface area contributed by atoms with Gasteiger partial charge in [0.1, 0.15) is 11.5 Å². The van der Waals surface area contributed by atoms with E-state index in [9.17, 15) is 4.79 Å². The van der Waals surface area contributed by atoms with Gasteiger partial charge >= 0.3 is 5.97 Å². The Hall–Kier alpha value is -2.54. The van der Waals surface area contributed by atoms with Crippen molar-refractivity contribution in [2.24, 2.45) is 7.05 Å². The molecule has 1 aromatic heterocycles. The van der Waals surface area contributed by atoms with E-state index in [0.29, 0.717) is 29.4 Å². The van der Waals surface area contributed by atoms with Gasteiger partial charge in [-0.1, -0.05) is 0 Å². The van der Waals surface area contributed by atoms with E-state index in [1.54, 1.807) is 34.4 Å². The Morgan fingerprint density at radius 3 is 2.36 bits per heavy atom. The zero-order valence-corrected chi connectivity index (χ0v) is 12.9. The van der Waals surface area contributed by atoms with E-state index in [2.05, 4.69) is 5.10 Å². The number of hydrogen-bond donors (Lipinski definition) is 1. The first kappa shape index (κ1) is 15.8. The number of methoxy groups -OCH3 is 3. The van der Waals surface area contributed by atoms with Crippen molar-refractivity contribution in [2.45, 2.75) is 6.61 Å². The number of rotatable bonds is 6. The molecule has 0 aliphatic carbocycles. The quantitative estimate of drug-likeness (QED) is 0.878. The van der Waals surface area contributed by atoms with Crippen LogP contribution in [0, 0.1) is 0 Å². The highest BCUT2D eigenvalue weighted by molar-refractivity contribution is 5.87. The normalized spacial score (nSPS) is 10.5. The van der Waals surface area contributed by atoms with Gasteiger partial charge in [0.25, 0.3) is 0 Å². The van der Waals surface area contributed by atoms with Crippen molar-refractivity contribution in [1.29, 1.82) is 0 Å². The van der Waals surface area contributed by atoms with Crippen LogP contribution in [0.2, 0.25) is 0 Å². The Kier molecular flexibility index (Phi) is 4.67. The number of aromatic carboxylic acids is 1. The molecule has 0 spiro atoms. The van der Waals surface area contributed by atoms with Crippen LogP contribution in [-0.4, -0.2) is 42.2 Å². The molecule has 22 heavy (non-hydrogen) atoms. The molecule has 2 aromatic rings. The van der Waals surface area contributed by atoms with Crippen LogP contribution in [0.25, 0.3) is 11.3 Å². The van der Waals surface area contributed by atoms with Gasteiger partial charge < -0.3 is 19.3 Å². The molecule has 7 heteroatoms. The van der Waals surface area contributed by atoms with Crippen LogP contribution < -0.4 is 9.47 Å². The van der Waals surface area contributed by atoms with Crippen LogP contribution in [0.5, 0.6) is 11.5 Å². The zero-order chi connectivity index (χ0) is 16.3. The molecule has 0 aliphatic heterocycles. The highest BCUT2D eigenvalue weighted by Crippen LogP contribution is 2.36. The fourth-order valence-corrected chi connectivity index (χ4v) is 2.25. The maximum Gasteiger partial charge on any atom is 0.356 e. The van der Waals surface area contributed by atoms with Gasteiger partial charge in [0.15, 0.2) is 5.69 Å². The molecule has 0 fully saturated rings. The molecule has 0 aliphatic rings. The van der Waals surface area contributed by atoms with Gasteiger partial charge in [-0.2, -0.15) is 5.10 Å². The number of aromatic nitrogens is 2. The second-order valence-corrected chi connectivity index (χ2v) is 4.64. The molecule has 7 nitrogen and oxygen atoms in total. The lowest BCUT2D eigenvalue weighted by Crippen LogP contribution is -2.01. The van der Waals surface area contributed by atoms with E-state index in [1.165, 1.54) is 10.7 Å². The second-order valence-electron chi connectivity index (χ2n) is 4.64. The fourth-order valence-electron chi connectivity index (χ4n) is 2.25. The Labute approximate surface area is 128 Å². The van der Waals surface area contributed by atoms with E-state index >= 15 is 0 Å². The van der Waals surface area contributed by atoms with Crippen LogP contribution in [0.3, 0.4) is 0 Å². The smallest absolute Gasteiger partial charge is 0.356 e. The molecule has 0 saturated carbocycles. The molecule has 0 bridgehead atoms. The van der Waals surface area contributed by atoms with Crippen molar-refractivity contribution in [3.05, 3.63) is 29.5 Å². The molecule has 0 amide bonds. The summed E-state index contributed by atoms with van der Waals surface area (Å²) in [5.74, 6) is 0.146. The minimum atomic E-state index is -1.08. The summed E-state index contributed by atoms with van der Waals surface area (Å²) in [6.07, 6.45) is 0. The van der Waals surface area contributed by atoms with Gasteiger partial charge in [0.05, 0.1) is 26.5 Å². The van der Waals surface area contributed by atoms with Gasteiger partial charge in [-0.05, 0) is 18.2 Å². The molecule has 2 rings (SSSR count). The number of carbonyl (C=O) groups is 1. The lowest BCUT2D eigenvalue weighted by Gasteiger charge is -2.14. The standard InChI is InChI=1S/C15H18N2O5/c1-17-12(7-11(16-17)15(18)19)10-6-13(21-3)9(8-20-2)5-14(10)22-4/h5-7H,8H2,1-4H3,(H,18,19). The molecule has 1 N–H and O–H groups in total. The van der Waals surface area contributed by atoms with Crippen LogP contribution in [0.4, 0.5) is 0 Å². The number of ether oxygens (including phenoxy) is 3. The van der Waals surface area contributed by atoms with E-state index in [0.717, 1.165) is 5.56 Å². The number of nitrogens with zero attached hydrogens (tertiary/aromatic N) is 2. The average Bonchev–Trinajstić information content (AvgIpc) is 2.89. The Bertz CT molecular complexity index is 693. The Morgan fingerprint density at radius 1 is 1.18 bits per heavy atom. The Balaban J connectivity index is 2.61. The van der Waals surface area contributed by atoms with Crippen molar-refractivity contribution in [3.63, 3.8) is 0 Å². The third-order valence-corrected chi connectivity index (χ3v) is 3.28. The summed E-state index contributed by atoms with van der Waals surface area (Å²) in [6.45, 7) is 0.381. The van der Waals surface area contributed by atoms with Gasteiger partial charge in [0.2, 0.25) is 0 Å². The summed E-state index contributed by atoms with van der Waals surface area (Å²) in [7, 11) is 6.39. The van der Waals surface area contributed by atoms with Crippen LogP contribution in [-0.2, 0) is 18.4 Å². The van der Waals surface area contributed by atoms with E-state index in [-0.39, 0.29) is 5.69 Å². The molecular weight excluding hydrogens is 288 g/mol. The minimum absolute atomic E-state index is 0.0283. The van der Waals surface area contributed by atoms with Gasteiger partial charge in [-0.3, -0.25) is 4.68 Å². The molecule has 0 saturated heterocycles. The number of aryl methyl sites for hydroxylation is 1. The minimum Gasteiger partial charge on any atom is -0.496 e. The summed E-state index contributed by atoms with van der Waals surface area (Å²) in [5, 5.41) is 13.0. The average molecular weight is 306 g/mol. The summed E-state index contributed by atoms with van der Waals surface area (Å²) >= 11 is 0. The molecule has 0 atom stereocenters. The molecule has 1 aromatic carbocycles. The lowest BCUT2D eigenvalue weighted by atomic mass is 10.1.